The third kappa shape index (κ3) is 13.9. The van der Waals surface area contributed by atoms with Gasteiger partial charge in [0.15, 0.2) is 0 Å². The van der Waals surface area contributed by atoms with Gasteiger partial charge in [-0.1, -0.05) is 90.9 Å². The topological polar surface area (TPSA) is 80.4 Å². The van der Waals surface area contributed by atoms with Gasteiger partial charge in [-0.15, -0.1) is 0 Å². The van der Waals surface area contributed by atoms with Gasteiger partial charge in [-0.2, -0.15) is 0 Å². The van der Waals surface area contributed by atoms with Crippen molar-refractivity contribution in [2.24, 2.45) is 17.6 Å². The Morgan fingerprint density at radius 2 is 1.12 bits per heavy atom. The minimum Gasteiger partial charge on any atom is -0.481 e. The zero-order valence-corrected chi connectivity index (χ0v) is 16.6. The van der Waals surface area contributed by atoms with Crippen LogP contribution in [0.25, 0.3) is 0 Å². The lowest BCUT2D eigenvalue weighted by atomic mass is 9.86. The molecule has 0 aliphatic heterocycles. The van der Waals surface area contributed by atoms with Crippen molar-refractivity contribution >= 4 is 11.9 Å². The maximum Gasteiger partial charge on any atom is 0.306 e. The Morgan fingerprint density at radius 3 is 1.52 bits per heavy atom. The average molecular weight is 356 g/mol. The molecular weight excluding hydrogens is 314 g/mol. The number of nitrogens with two attached hydrogens (primary N) is 1. The molecule has 0 spiro atoms. The molecule has 3 N–H and O–H groups in total. The lowest BCUT2D eigenvalue weighted by Gasteiger charge is -2.18. The highest BCUT2D eigenvalue weighted by molar-refractivity contribution is 5.78. The van der Waals surface area contributed by atoms with Gasteiger partial charge in [0.2, 0.25) is 5.91 Å². The van der Waals surface area contributed by atoms with Crippen LogP contribution in [0.4, 0.5) is 0 Å². The summed E-state index contributed by atoms with van der Waals surface area (Å²) in [6, 6.07) is 0. The Morgan fingerprint density at radius 1 is 0.720 bits per heavy atom. The van der Waals surface area contributed by atoms with Crippen molar-refractivity contribution in [3.8, 4) is 0 Å². The normalized spacial score (nSPS) is 13.5. The summed E-state index contributed by atoms with van der Waals surface area (Å²) in [7, 11) is 0. The summed E-state index contributed by atoms with van der Waals surface area (Å²) in [6.45, 7) is 4.38. The summed E-state index contributed by atoms with van der Waals surface area (Å²) in [6.07, 6.45) is 15.7. The molecule has 0 aromatic heterocycles. The van der Waals surface area contributed by atoms with Crippen molar-refractivity contribution in [3.05, 3.63) is 0 Å². The second kappa shape index (κ2) is 16.4. The number of hydrogen-bond donors (Lipinski definition) is 2. The van der Waals surface area contributed by atoms with E-state index >= 15 is 0 Å². The number of unbranched alkanes of at least 4 members (excludes halogenated alkanes) is 10. The van der Waals surface area contributed by atoms with Crippen LogP contribution in [0.15, 0.2) is 0 Å². The number of amides is 1. The molecule has 0 aliphatic rings. The minimum absolute atomic E-state index is 0.285. The van der Waals surface area contributed by atoms with Gasteiger partial charge in [-0.3, -0.25) is 9.59 Å². The van der Waals surface area contributed by atoms with Crippen LogP contribution in [-0.4, -0.2) is 17.0 Å². The lowest BCUT2D eigenvalue weighted by Crippen LogP contribution is -2.28. The predicted molar refractivity (Wildman–Crippen MR) is 104 cm³/mol. The van der Waals surface area contributed by atoms with Gasteiger partial charge in [-0.05, 0) is 19.3 Å². The van der Waals surface area contributed by atoms with Crippen molar-refractivity contribution in [1.29, 1.82) is 0 Å². The second-order valence-corrected chi connectivity index (χ2v) is 7.48. The van der Waals surface area contributed by atoms with Crippen LogP contribution in [-0.2, 0) is 9.59 Å². The Balaban J connectivity index is 4.13. The quantitative estimate of drug-likeness (QED) is 0.310. The predicted octanol–water partition coefficient (Wildman–Crippen LogP) is 5.68. The van der Waals surface area contributed by atoms with Gasteiger partial charge in [0.25, 0.3) is 0 Å². The molecule has 148 valence electrons. The summed E-state index contributed by atoms with van der Waals surface area (Å²) in [5, 5.41) is 9.46. The number of primary amides is 1. The molecule has 0 saturated carbocycles. The van der Waals surface area contributed by atoms with E-state index in [-0.39, 0.29) is 11.8 Å². The first-order valence-corrected chi connectivity index (χ1v) is 10.5. The molecule has 0 heterocycles. The van der Waals surface area contributed by atoms with Crippen molar-refractivity contribution in [2.75, 3.05) is 0 Å². The Hall–Kier alpha value is -1.06. The molecule has 0 radical (unpaired) electrons. The smallest absolute Gasteiger partial charge is 0.306 e. The minimum atomic E-state index is -0.775. The zero-order chi connectivity index (χ0) is 18.9. The molecule has 0 fully saturated rings. The molecule has 25 heavy (non-hydrogen) atoms. The molecule has 4 nitrogen and oxygen atoms in total. The maximum absolute atomic E-state index is 11.7. The molecular formula is C21H41NO3. The van der Waals surface area contributed by atoms with Crippen LogP contribution in [0.3, 0.4) is 0 Å². The molecule has 0 rings (SSSR count). The van der Waals surface area contributed by atoms with E-state index in [0.29, 0.717) is 12.8 Å². The third-order valence-corrected chi connectivity index (χ3v) is 5.13. The van der Waals surface area contributed by atoms with Crippen LogP contribution in [0.2, 0.25) is 0 Å². The molecule has 4 heteroatoms. The van der Waals surface area contributed by atoms with E-state index < -0.39 is 11.9 Å². The van der Waals surface area contributed by atoms with Gasteiger partial charge in [0.1, 0.15) is 0 Å². The monoisotopic (exact) mass is 355 g/mol. The molecule has 1 amide bonds. The number of carbonyl (C=O) groups is 2. The summed E-state index contributed by atoms with van der Waals surface area (Å²) < 4.78 is 0. The van der Waals surface area contributed by atoms with Crippen molar-refractivity contribution < 1.29 is 14.7 Å². The second-order valence-electron chi connectivity index (χ2n) is 7.48. The molecule has 2 unspecified atom stereocenters. The van der Waals surface area contributed by atoms with Crippen LogP contribution in [0, 0.1) is 11.8 Å². The molecule has 0 saturated heterocycles. The largest absolute Gasteiger partial charge is 0.481 e. The number of carbonyl (C=O) groups excluding carboxylic acids is 1. The Bertz CT molecular complexity index is 312. The molecule has 0 aromatic carbocycles. The number of carboxylic acids is 1. The third-order valence-electron chi connectivity index (χ3n) is 5.13. The van der Waals surface area contributed by atoms with Gasteiger partial charge < -0.3 is 10.8 Å². The zero-order valence-electron chi connectivity index (χ0n) is 16.6. The van der Waals surface area contributed by atoms with Crippen molar-refractivity contribution in [2.45, 2.75) is 110 Å². The fourth-order valence-corrected chi connectivity index (χ4v) is 3.40. The molecule has 2 atom stereocenters. The number of hydrogen-bond acceptors (Lipinski definition) is 2. The fourth-order valence-electron chi connectivity index (χ4n) is 3.40. The summed E-state index contributed by atoms with van der Waals surface area (Å²) >= 11 is 0. The fraction of sp³-hybridized carbons (Fsp3) is 0.905. The molecule has 0 bridgehead atoms. The van der Waals surface area contributed by atoms with E-state index in [0.717, 1.165) is 32.1 Å². The highest BCUT2D eigenvalue weighted by atomic mass is 16.4. The van der Waals surface area contributed by atoms with Crippen LogP contribution in [0.1, 0.15) is 110 Å². The average Bonchev–Trinajstić information content (AvgIpc) is 2.57. The number of aliphatic carboxylic acids is 1. The number of carboxylic acid groups (broad SMARTS) is 1. The first kappa shape index (κ1) is 23.9. The van der Waals surface area contributed by atoms with E-state index in [1.165, 1.54) is 51.4 Å². The van der Waals surface area contributed by atoms with Crippen LogP contribution < -0.4 is 5.73 Å². The van der Waals surface area contributed by atoms with E-state index in [1.807, 2.05) is 0 Å². The Labute approximate surface area is 154 Å². The summed E-state index contributed by atoms with van der Waals surface area (Å²) in [5.41, 5.74) is 5.53. The van der Waals surface area contributed by atoms with Gasteiger partial charge >= 0.3 is 5.97 Å². The Kier molecular flexibility index (Phi) is 15.7. The standard InChI is InChI=1S/C21H41NO3/c1-3-5-7-9-11-13-15-18(20(22)23)17-19(21(24)25)16-14-12-10-8-6-4-2/h18-19H,3-17H2,1-2H3,(H2,22,23)(H,24,25). The van der Waals surface area contributed by atoms with Crippen molar-refractivity contribution in [1.82, 2.24) is 0 Å². The van der Waals surface area contributed by atoms with Crippen LogP contribution >= 0.6 is 0 Å². The maximum atomic E-state index is 11.7. The first-order valence-electron chi connectivity index (χ1n) is 10.5. The van der Waals surface area contributed by atoms with E-state index in [1.54, 1.807) is 0 Å². The highest BCUT2D eigenvalue weighted by Gasteiger charge is 2.25. The molecule has 0 aromatic rings. The van der Waals surface area contributed by atoms with Gasteiger partial charge in [-0.25, -0.2) is 0 Å². The van der Waals surface area contributed by atoms with E-state index in [9.17, 15) is 14.7 Å². The number of rotatable bonds is 18. The van der Waals surface area contributed by atoms with Gasteiger partial charge in [0.05, 0.1) is 5.92 Å². The van der Waals surface area contributed by atoms with Crippen molar-refractivity contribution in [3.63, 3.8) is 0 Å². The summed E-state index contributed by atoms with van der Waals surface area (Å²) in [4.78, 5) is 23.2. The highest BCUT2D eigenvalue weighted by Crippen LogP contribution is 2.24. The van der Waals surface area contributed by atoms with Crippen LogP contribution in [0.5, 0.6) is 0 Å². The first-order chi connectivity index (χ1) is 12.0. The SMILES string of the molecule is CCCCCCCCC(CC(CCCCCCCC)C(=O)O)C(N)=O. The lowest BCUT2D eigenvalue weighted by molar-refractivity contribution is -0.143. The summed E-state index contributed by atoms with van der Waals surface area (Å²) in [5.74, 6) is -1.82. The van der Waals surface area contributed by atoms with E-state index in [4.69, 9.17) is 5.73 Å². The van der Waals surface area contributed by atoms with Gasteiger partial charge in [0, 0.05) is 5.92 Å². The van der Waals surface area contributed by atoms with E-state index in [2.05, 4.69) is 13.8 Å². The molecule has 0 aliphatic carbocycles.